The molecule has 0 aliphatic heterocycles. The third-order valence-corrected chi connectivity index (χ3v) is 4.56. The molecule has 0 aliphatic rings. The minimum absolute atomic E-state index is 0.0639. The summed E-state index contributed by atoms with van der Waals surface area (Å²) in [4.78, 5) is 17.1. The average molecular weight is 342 g/mol. The Bertz CT molecular complexity index is 678. The third-order valence-electron chi connectivity index (χ3n) is 3.26. The van der Waals surface area contributed by atoms with Gasteiger partial charge in [-0.1, -0.05) is 19.1 Å². The van der Waals surface area contributed by atoms with Gasteiger partial charge < -0.3 is 5.32 Å². The fourth-order valence-corrected chi connectivity index (χ4v) is 2.94. The summed E-state index contributed by atoms with van der Waals surface area (Å²) in [6, 6.07) is 6.41. The van der Waals surface area contributed by atoms with Crippen molar-refractivity contribution in [3.63, 3.8) is 0 Å². The first kappa shape index (κ1) is 17.5. The number of thiazole rings is 1. The smallest absolute Gasteiger partial charge is 0.321 e. The van der Waals surface area contributed by atoms with Gasteiger partial charge in [0.15, 0.2) is 0 Å². The van der Waals surface area contributed by atoms with Gasteiger partial charge in [-0.25, -0.2) is 4.98 Å². The summed E-state index contributed by atoms with van der Waals surface area (Å²) in [6.07, 6.45) is -4.30. The molecule has 0 atom stereocenters. The number of alkyl halides is 3. The number of aryl methyl sites for hydroxylation is 3. The fraction of sp³-hybridized carbons (Fsp3) is 0.375. The fourth-order valence-electron chi connectivity index (χ4n) is 2.04. The molecule has 1 amide bonds. The van der Waals surface area contributed by atoms with E-state index < -0.39 is 12.6 Å². The molecule has 1 aromatic heterocycles. The molecule has 1 heterocycles. The first-order valence-electron chi connectivity index (χ1n) is 7.22. The van der Waals surface area contributed by atoms with Crippen molar-refractivity contribution in [1.29, 1.82) is 0 Å². The Morgan fingerprint density at radius 2 is 1.91 bits per heavy atom. The number of carbonyl (C=O) groups is 1. The molecule has 0 saturated heterocycles. The summed E-state index contributed by atoms with van der Waals surface area (Å²) in [5.74, 6) is -0.247. The molecule has 2 aromatic rings. The van der Waals surface area contributed by atoms with Gasteiger partial charge in [0.05, 0.1) is 10.7 Å². The van der Waals surface area contributed by atoms with Crippen molar-refractivity contribution in [2.24, 2.45) is 0 Å². The first-order chi connectivity index (χ1) is 10.8. The molecule has 0 bridgehead atoms. The highest BCUT2D eigenvalue weighted by atomic mass is 32.1. The van der Waals surface area contributed by atoms with Crippen molar-refractivity contribution >= 4 is 22.9 Å². The number of halogens is 3. The molecule has 1 N–H and O–H groups in total. The summed E-state index contributed by atoms with van der Waals surface area (Å²) >= 11 is 1.35. The van der Waals surface area contributed by atoms with Crippen molar-refractivity contribution in [2.45, 2.75) is 39.3 Å². The van der Waals surface area contributed by atoms with Crippen molar-refractivity contribution in [2.75, 3.05) is 5.32 Å². The summed E-state index contributed by atoms with van der Waals surface area (Å²) in [6.45, 7) is 3.75. The average Bonchev–Trinajstić information content (AvgIpc) is 2.87. The molecular formula is C16H17F3N2OS. The highest BCUT2D eigenvalue weighted by Gasteiger charge is 2.26. The number of hydrogen-bond donors (Lipinski definition) is 1. The van der Waals surface area contributed by atoms with E-state index in [1.54, 1.807) is 31.2 Å². The largest absolute Gasteiger partial charge is 0.389 e. The van der Waals surface area contributed by atoms with E-state index in [9.17, 15) is 18.0 Å². The van der Waals surface area contributed by atoms with Crippen LogP contribution in [0.3, 0.4) is 0 Å². The second kappa shape index (κ2) is 7.12. The zero-order valence-corrected chi connectivity index (χ0v) is 13.6. The second-order valence-electron chi connectivity index (χ2n) is 5.14. The van der Waals surface area contributed by atoms with Crippen molar-refractivity contribution in [1.82, 2.24) is 4.98 Å². The van der Waals surface area contributed by atoms with E-state index in [2.05, 4.69) is 10.3 Å². The van der Waals surface area contributed by atoms with E-state index in [4.69, 9.17) is 0 Å². The van der Waals surface area contributed by atoms with Crippen LogP contribution >= 0.6 is 11.3 Å². The lowest BCUT2D eigenvalue weighted by molar-refractivity contribution is -0.133. The van der Waals surface area contributed by atoms with Gasteiger partial charge in [0.1, 0.15) is 4.88 Å². The molecular weight excluding hydrogens is 325 g/mol. The molecule has 23 heavy (non-hydrogen) atoms. The zero-order chi connectivity index (χ0) is 17.0. The lowest BCUT2D eigenvalue weighted by atomic mass is 10.1. The molecule has 0 saturated carbocycles. The van der Waals surface area contributed by atoms with Crippen LogP contribution in [0.5, 0.6) is 0 Å². The normalized spacial score (nSPS) is 11.5. The SMILES string of the molecule is CCc1nc(C)c(C(=O)Nc2ccc(CCC(F)(F)F)cc2)s1. The Hall–Kier alpha value is -1.89. The van der Waals surface area contributed by atoms with Crippen LogP contribution in [0.25, 0.3) is 0 Å². The maximum atomic E-state index is 12.2. The highest BCUT2D eigenvalue weighted by Crippen LogP contribution is 2.23. The number of hydrogen-bond acceptors (Lipinski definition) is 3. The maximum absolute atomic E-state index is 12.2. The lowest BCUT2D eigenvalue weighted by Gasteiger charge is -2.08. The highest BCUT2D eigenvalue weighted by molar-refractivity contribution is 7.13. The van der Waals surface area contributed by atoms with Crippen LogP contribution in [0, 0.1) is 6.92 Å². The number of aromatic nitrogens is 1. The Morgan fingerprint density at radius 1 is 1.26 bits per heavy atom. The number of amides is 1. The van der Waals surface area contributed by atoms with Gasteiger partial charge in [-0.05, 0) is 37.5 Å². The molecule has 0 aliphatic carbocycles. The zero-order valence-electron chi connectivity index (χ0n) is 12.8. The van der Waals surface area contributed by atoms with E-state index in [1.807, 2.05) is 6.92 Å². The van der Waals surface area contributed by atoms with E-state index in [-0.39, 0.29) is 12.3 Å². The van der Waals surface area contributed by atoms with Gasteiger partial charge in [-0.15, -0.1) is 11.3 Å². The molecule has 7 heteroatoms. The van der Waals surface area contributed by atoms with Crippen LogP contribution in [-0.2, 0) is 12.8 Å². The Kier molecular flexibility index (Phi) is 5.41. The van der Waals surface area contributed by atoms with Crippen LogP contribution in [0.1, 0.15) is 39.3 Å². The lowest BCUT2D eigenvalue weighted by Crippen LogP contribution is -2.11. The molecule has 0 unspecified atom stereocenters. The number of nitrogens with one attached hydrogen (secondary N) is 1. The molecule has 124 valence electrons. The van der Waals surface area contributed by atoms with Crippen LogP contribution in [0.15, 0.2) is 24.3 Å². The van der Waals surface area contributed by atoms with E-state index in [1.165, 1.54) is 11.3 Å². The van der Waals surface area contributed by atoms with Crippen LogP contribution < -0.4 is 5.32 Å². The maximum Gasteiger partial charge on any atom is 0.389 e. The van der Waals surface area contributed by atoms with Gasteiger partial charge in [0.2, 0.25) is 0 Å². The number of nitrogens with zero attached hydrogens (tertiary/aromatic N) is 1. The quantitative estimate of drug-likeness (QED) is 0.851. The minimum atomic E-state index is -4.16. The standard InChI is InChI=1S/C16H17F3N2OS/c1-3-13-20-10(2)14(23-13)15(22)21-12-6-4-11(5-7-12)8-9-16(17,18)19/h4-7H,3,8-9H2,1-2H3,(H,21,22). The third kappa shape index (κ3) is 5.06. The molecule has 3 nitrogen and oxygen atoms in total. The summed E-state index contributed by atoms with van der Waals surface area (Å²) < 4.78 is 36.6. The van der Waals surface area contributed by atoms with Gasteiger partial charge in [0.25, 0.3) is 5.91 Å². The Morgan fingerprint density at radius 3 is 2.43 bits per heavy atom. The number of carbonyl (C=O) groups excluding carboxylic acids is 1. The van der Waals surface area contributed by atoms with Gasteiger partial charge in [-0.3, -0.25) is 4.79 Å². The molecule has 2 rings (SSSR count). The van der Waals surface area contributed by atoms with E-state index in [0.717, 1.165) is 11.4 Å². The van der Waals surface area contributed by atoms with Crippen molar-refractivity contribution < 1.29 is 18.0 Å². The van der Waals surface area contributed by atoms with Gasteiger partial charge in [0, 0.05) is 12.1 Å². The van der Waals surface area contributed by atoms with Crippen LogP contribution in [-0.4, -0.2) is 17.1 Å². The van der Waals surface area contributed by atoms with Crippen molar-refractivity contribution in [3.8, 4) is 0 Å². The molecule has 0 fully saturated rings. The molecule has 1 aromatic carbocycles. The Labute approximate surface area is 136 Å². The minimum Gasteiger partial charge on any atom is -0.321 e. The predicted octanol–water partition coefficient (Wildman–Crippen LogP) is 4.76. The topological polar surface area (TPSA) is 42.0 Å². The summed E-state index contributed by atoms with van der Waals surface area (Å²) in [5, 5.41) is 3.64. The van der Waals surface area contributed by atoms with Crippen molar-refractivity contribution in [3.05, 3.63) is 45.4 Å². The predicted molar refractivity (Wildman–Crippen MR) is 85.0 cm³/mol. The monoisotopic (exact) mass is 342 g/mol. The van der Waals surface area contributed by atoms with Gasteiger partial charge >= 0.3 is 6.18 Å². The van der Waals surface area contributed by atoms with Crippen LogP contribution in [0.2, 0.25) is 0 Å². The molecule has 0 radical (unpaired) electrons. The van der Waals surface area contributed by atoms with E-state index >= 15 is 0 Å². The van der Waals surface area contributed by atoms with Crippen LogP contribution in [0.4, 0.5) is 18.9 Å². The first-order valence-corrected chi connectivity index (χ1v) is 8.03. The number of rotatable bonds is 5. The number of benzene rings is 1. The molecule has 0 spiro atoms. The summed E-state index contributed by atoms with van der Waals surface area (Å²) in [7, 11) is 0. The van der Waals surface area contributed by atoms with Gasteiger partial charge in [-0.2, -0.15) is 13.2 Å². The van der Waals surface area contributed by atoms with E-state index in [0.29, 0.717) is 21.8 Å². The Balaban J connectivity index is 2.00. The summed E-state index contributed by atoms with van der Waals surface area (Å²) in [5.41, 5.74) is 1.82. The second-order valence-corrected chi connectivity index (χ2v) is 6.23. The number of anilines is 1.